The fourth-order valence-corrected chi connectivity index (χ4v) is 2.47. The molecule has 1 aromatic heterocycles. The molecule has 0 saturated carbocycles. The van der Waals surface area contributed by atoms with Crippen LogP contribution >= 0.6 is 12.2 Å². The van der Waals surface area contributed by atoms with Gasteiger partial charge in [0.05, 0.1) is 29.8 Å². The van der Waals surface area contributed by atoms with Gasteiger partial charge in [0.15, 0.2) is 4.77 Å². The number of nitriles is 1. The Hall–Kier alpha value is -2.58. The van der Waals surface area contributed by atoms with Gasteiger partial charge in [0.25, 0.3) is 0 Å². The number of imidazole rings is 1. The van der Waals surface area contributed by atoms with Gasteiger partial charge in [-0.2, -0.15) is 5.26 Å². The molecule has 0 amide bonds. The Kier molecular flexibility index (Phi) is 3.01. The molecule has 2 aromatic carbocycles. The highest BCUT2D eigenvalue weighted by Gasteiger charge is 2.07. The number of hydrogen-bond donors (Lipinski definition) is 1. The molecule has 4 nitrogen and oxygen atoms in total. The van der Waals surface area contributed by atoms with E-state index in [2.05, 4.69) is 11.1 Å². The summed E-state index contributed by atoms with van der Waals surface area (Å²) in [6.45, 7) is 0. The monoisotopic (exact) mass is 281 g/mol. The van der Waals surface area contributed by atoms with Crippen LogP contribution in [-0.4, -0.2) is 16.7 Å². The van der Waals surface area contributed by atoms with Crippen molar-refractivity contribution in [1.29, 1.82) is 5.26 Å². The fraction of sp³-hybridized carbons (Fsp3) is 0.0667. The number of ether oxygens (including phenoxy) is 1. The van der Waals surface area contributed by atoms with Gasteiger partial charge < -0.3 is 9.72 Å². The topological polar surface area (TPSA) is 53.7 Å². The third-order valence-electron chi connectivity index (χ3n) is 3.14. The maximum absolute atomic E-state index is 9.02. The first-order valence-corrected chi connectivity index (χ1v) is 6.43. The fourth-order valence-electron chi connectivity index (χ4n) is 2.16. The van der Waals surface area contributed by atoms with E-state index in [0.29, 0.717) is 10.3 Å². The number of nitrogens with one attached hydrogen (secondary N) is 1. The quantitative estimate of drug-likeness (QED) is 0.731. The van der Waals surface area contributed by atoms with Crippen molar-refractivity contribution < 1.29 is 4.74 Å². The summed E-state index contributed by atoms with van der Waals surface area (Å²) >= 11 is 5.37. The molecule has 98 valence electrons. The second kappa shape index (κ2) is 4.83. The highest BCUT2D eigenvalue weighted by Crippen LogP contribution is 2.22. The molecule has 0 aliphatic carbocycles. The van der Waals surface area contributed by atoms with Crippen molar-refractivity contribution in [3.63, 3.8) is 0 Å². The van der Waals surface area contributed by atoms with Crippen molar-refractivity contribution in [3.8, 4) is 17.5 Å². The summed E-state index contributed by atoms with van der Waals surface area (Å²) in [4.78, 5) is 3.14. The number of aromatic amines is 1. The van der Waals surface area contributed by atoms with Crippen LogP contribution in [0.5, 0.6) is 5.75 Å². The molecule has 1 N–H and O–H groups in total. The number of rotatable bonds is 2. The molecule has 0 radical (unpaired) electrons. The minimum absolute atomic E-state index is 0.597. The average molecular weight is 281 g/mol. The van der Waals surface area contributed by atoms with Crippen LogP contribution in [0.3, 0.4) is 0 Å². The molecule has 3 rings (SSSR count). The van der Waals surface area contributed by atoms with Crippen molar-refractivity contribution in [3.05, 3.63) is 52.8 Å². The molecular weight excluding hydrogens is 270 g/mol. The Morgan fingerprint density at radius 1 is 1.20 bits per heavy atom. The molecule has 0 unspecified atom stereocenters. The molecule has 0 aliphatic rings. The SMILES string of the molecule is COc1ccc(-n2c(=S)[nH]c3ccc(C#N)cc32)cc1. The summed E-state index contributed by atoms with van der Waals surface area (Å²) in [7, 11) is 1.63. The lowest BCUT2D eigenvalue weighted by molar-refractivity contribution is 0.415. The first-order chi connectivity index (χ1) is 9.72. The van der Waals surface area contributed by atoms with Gasteiger partial charge in [0.1, 0.15) is 5.75 Å². The second-order valence-corrected chi connectivity index (χ2v) is 4.69. The van der Waals surface area contributed by atoms with Crippen molar-refractivity contribution in [1.82, 2.24) is 9.55 Å². The number of H-pyrrole nitrogens is 1. The molecule has 5 heteroatoms. The van der Waals surface area contributed by atoms with Gasteiger partial charge >= 0.3 is 0 Å². The van der Waals surface area contributed by atoms with Gasteiger partial charge in [-0.3, -0.25) is 4.57 Å². The maximum atomic E-state index is 9.02. The van der Waals surface area contributed by atoms with Crippen molar-refractivity contribution in [2.45, 2.75) is 0 Å². The molecule has 0 spiro atoms. The summed E-state index contributed by atoms with van der Waals surface area (Å²) in [6, 6.07) is 15.2. The van der Waals surface area contributed by atoms with E-state index in [9.17, 15) is 0 Å². The van der Waals surface area contributed by atoms with E-state index in [4.69, 9.17) is 22.2 Å². The molecule has 20 heavy (non-hydrogen) atoms. The van der Waals surface area contributed by atoms with Gasteiger partial charge in [-0.15, -0.1) is 0 Å². The Morgan fingerprint density at radius 2 is 1.95 bits per heavy atom. The summed E-state index contributed by atoms with van der Waals surface area (Å²) in [6.07, 6.45) is 0. The van der Waals surface area contributed by atoms with Crippen LogP contribution in [0.1, 0.15) is 5.56 Å². The molecule has 1 heterocycles. The van der Waals surface area contributed by atoms with E-state index >= 15 is 0 Å². The summed E-state index contributed by atoms with van der Waals surface area (Å²) < 4.78 is 7.66. The molecule has 0 atom stereocenters. The van der Waals surface area contributed by atoms with E-state index in [1.165, 1.54) is 0 Å². The molecule has 0 saturated heterocycles. The van der Waals surface area contributed by atoms with Gasteiger partial charge in [-0.25, -0.2) is 0 Å². The van der Waals surface area contributed by atoms with Crippen LogP contribution in [0, 0.1) is 16.1 Å². The number of methoxy groups -OCH3 is 1. The third kappa shape index (κ3) is 1.96. The predicted octanol–water partition coefficient (Wildman–Crippen LogP) is 3.57. The van der Waals surface area contributed by atoms with Gasteiger partial charge in [0.2, 0.25) is 0 Å². The average Bonchev–Trinajstić information content (AvgIpc) is 2.82. The lowest BCUT2D eigenvalue weighted by atomic mass is 10.2. The summed E-state index contributed by atoms with van der Waals surface area (Å²) in [5, 5.41) is 9.02. The van der Waals surface area contributed by atoms with Crippen LogP contribution < -0.4 is 4.74 Å². The van der Waals surface area contributed by atoms with E-state index in [-0.39, 0.29) is 0 Å². The minimum Gasteiger partial charge on any atom is -0.497 e. The Labute approximate surface area is 120 Å². The van der Waals surface area contributed by atoms with Crippen molar-refractivity contribution >= 4 is 23.3 Å². The zero-order valence-corrected chi connectivity index (χ0v) is 11.6. The maximum Gasteiger partial charge on any atom is 0.182 e. The van der Waals surface area contributed by atoms with E-state index in [0.717, 1.165) is 22.5 Å². The third-order valence-corrected chi connectivity index (χ3v) is 3.43. The number of nitrogens with zero attached hydrogens (tertiary/aromatic N) is 2. The molecule has 0 fully saturated rings. The number of hydrogen-bond acceptors (Lipinski definition) is 3. The van der Waals surface area contributed by atoms with Crippen molar-refractivity contribution in [2.75, 3.05) is 7.11 Å². The molecule has 0 bridgehead atoms. The van der Waals surface area contributed by atoms with Crippen LogP contribution in [0.15, 0.2) is 42.5 Å². The second-order valence-electron chi connectivity index (χ2n) is 4.31. The molecular formula is C15H11N3OS. The van der Waals surface area contributed by atoms with E-state index in [1.807, 2.05) is 41.0 Å². The summed E-state index contributed by atoms with van der Waals surface area (Å²) in [5.41, 5.74) is 3.33. The van der Waals surface area contributed by atoms with Crippen LogP contribution in [-0.2, 0) is 0 Å². The van der Waals surface area contributed by atoms with E-state index < -0.39 is 0 Å². The standard InChI is InChI=1S/C15H11N3OS/c1-19-12-5-3-11(4-6-12)18-14-8-10(9-16)2-7-13(14)17-15(18)20/h2-8H,1H3,(H,17,20). The molecule has 3 aromatic rings. The predicted molar refractivity (Wildman–Crippen MR) is 79.7 cm³/mol. The number of benzene rings is 2. The first-order valence-electron chi connectivity index (χ1n) is 6.02. The Balaban J connectivity index is 2.26. The van der Waals surface area contributed by atoms with Gasteiger partial charge in [0, 0.05) is 5.69 Å². The smallest absolute Gasteiger partial charge is 0.182 e. The highest BCUT2D eigenvalue weighted by atomic mass is 32.1. The lowest BCUT2D eigenvalue weighted by Crippen LogP contribution is -1.94. The van der Waals surface area contributed by atoms with Crippen LogP contribution in [0.25, 0.3) is 16.7 Å². The lowest BCUT2D eigenvalue weighted by Gasteiger charge is -2.06. The van der Waals surface area contributed by atoms with Crippen LogP contribution in [0.4, 0.5) is 0 Å². The van der Waals surface area contributed by atoms with Crippen LogP contribution in [0.2, 0.25) is 0 Å². The van der Waals surface area contributed by atoms with Gasteiger partial charge in [-0.05, 0) is 54.7 Å². The minimum atomic E-state index is 0.597. The zero-order chi connectivity index (χ0) is 14.1. The zero-order valence-electron chi connectivity index (χ0n) is 10.8. The molecule has 0 aliphatic heterocycles. The highest BCUT2D eigenvalue weighted by molar-refractivity contribution is 7.71. The Bertz CT molecular complexity index is 869. The van der Waals surface area contributed by atoms with Gasteiger partial charge in [-0.1, -0.05) is 0 Å². The van der Waals surface area contributed by atoms with E-state index in [1.54, 1.807) is 13.2 Å². The van der Waals surface area contributed by atoms with Crippen molar-refractivity contribution in [2.24, 2.45) is 0 Å². The normalized spacial score (nSPS) is 10.4. The largest absolute Gasteiger partial charge is 0.497 e. The summed E-state index contributed by atoms with van der Waals surface area (Å²) in [5.74, 6) is 0.790. The number of aromatic nitrogens is 2. The Morgan fingerprint density at radius 3 is 2.60 bits per heavy atom. The first kappa shape index (κ1) is 12.5. The number of fused-ring (bicyclic) bond motifs is 1.